The third-order valence-electron chi connectivity index (χ3n) is 5.15. The third kappa shape index (κ3) is 6.78. The first-order valence-corrected chi connectivity index (χ1v) is 10.9. The van der Waals surface area contributed by atoms with Crippen molar-refractivity contribution in [1.82, 2.24) is 10.6 Å². The summed E-state index contributed by atoms with van der Waals surface area (Å²) in [6, 6.07) is 13.5. The Bertz CT molecular complexity index is 1310. The van der Waals surface area contributed by atoms with Gasteiger partial charge in [-0.2, -0.15) is 0 Å². The number of hydrogen-bond donors (Lipinski definition) is 3. The molecular formula is C25H23FN4O7. The van der Waals surface area contributed by atoms with Crippen molar-refractivity contribution in [2.24, 2.45) is 0 Å². The van der Waals surface area contributed by atoms with Crippen molar-refractivity contribution in [1.29, 1.82) is 0 Å². The van der Waals surface area contributed by atoms with Gasteiger partial charge < -0.3 is 25.4 Å². The molecule has 0 bridgehead atoms. The van der Waals surface area contributed by atoms with E-state index >= 15 is 0 Å². The molecule has 0 aliphatic rings. The quantitative estimate of drug-likeness (QED) is 0.215. The lowest BCUT2D eigenvalue weighted by Crippen LogP contribution is -2.35. The summed E-state index contributed by atoms with van der Waals surface area (Å²) in [6.45, 7) is 0.0522. The number of nitro benzene ring substituents is 1. The molecule has 0 atom stereocenters. The van der Waals surface area contributed by atoms with Crippen molar-refractivity contribution in [2.45, 2.75) is 0 Å². The summed E-state index contributed by atoms with van der Waals surface area (Å²) in [7, 11) is 2.66. The SMILES string of the molecule is COc1cc(C(=O)NCCNC(=O)c2ccc(NC(=O)c3ccc(F)cc3)cc2)c([N+](=O)[O-])cc1OC. The van der Waals surface area contributed by atoms with E-state index in [0.717, 1.165) is 6.07 Å². The number of ether oxygens (including phenoxy) is 2. The molecule has 3 aromatic rings. The molecule has 12 heteroatoms. The predicted octanol–water partition coefficient (Wildman–Crippen LogP) is 3.16. The Balaban J connectivity index is 1.52. The predicted molar refractivity (Wildman–Crippen MR) is 132 cm³/mol. The van der Waals surface area contributed by atoms with Crippen molar-refractivity contribution in [3.8, 4) is 11.5 Å². The van der Waals surface area contributed by atoms with E-state index in [2.05, 4.69) is 16.0 Å². The zero-order chi connectivity index (χ0) is 26.9. The number of anilines is 1. The first kappa shape index (κ1) is 26.6. The first-order valence-electron chi connectivity index (χ1n) is 10.9. The van der Waals surface area contributed by atoms with Crippen molar-refractivity contribution < 1.29 is 33.2 Å². The largest absolute Gasteiger partial charge is 0.493 e. The van der Waals surface area contributed by atoms with Gasteiger partial charge in [0.2, 0.25) is 0 Å². The molecule has 0 spiro atoms. The molecule has 3 aromatic carbocycles. The summed E-state index contributed by atoms with van der Waals surface area (Å²) in [6.07, 6.45) is 0. The maximum absolute atomic E-state index is 13.0. The van der Waals surface area contributed by atoms with Crippen LogP contribution in [-0.2, 0) is 0 Å². The average Bonchev–Trinajstić information content (AvgIpc) is 2.90. The zero-order valence-electron chi connectivity index (χ0n) is 19.9. The van der Waals surface area contributed by atoms with Gasteiger partial charge in [0.05, 0.1) is 25.2 Å². The van der Waals surface area contributed by atoms with E-state index in [4.69, 9.17) is 9.47 Å². The molecule has 3 rings (SSSR count). The number of hydrogen-bond acceptors (Lipinski definition) is 7. The number of halogens is 1. The average molecular weight is 510 g/mol. The molecule has 0 heterocycles. The van der Waals surface area contributed by atoms with Crippen LogP contribution in [0.1, 0.15) is 31.1 Å². The Kier molecular flexibility index (Phi) is 8.71. The zero-order valence-corrected chi connectivity index (χ0v) is 19.9. The van der Waals surface area contributed by atoms with Crippen LogP contribution in [0.5, 0.6) is 11.5 Å². The van der Waals surface area contributed by atoms with E-state index in [0.29, 0.717) is 11.3 Å². The molecule has 37 heavy (non-hydrogen) atoms. The second-order valence-corrected chi connectivity index (χ2v) is 7.53. The maximum atomic E-state index is 13.0. The van der Waals surface area contributed by atoms with Gasteiger partial charge in [-0.1, -0.05) is 0 Å². The van der Waals surface area contributed by atoms with Gasteiger partial charge in [-0.05, 0) is 48.5 Å². The number of carbonyl (C=O) groups excluding carboxylic acids is 3. The monoisotopic (exact) mass is 510 g/mol. The Hall–Kier alpha value is -5.00. The molecule has 0 aromatic heterocycles. The molecule has 3 N–H and O–H groups in total. The second kappa shape index (κ2) is 12.1. The second-order valence-electron chi connectivity index (χ2n) is 7.53. The minimum Gasteiger partial charge on any atom is -0.493 e. The highest BCUT2D eigenvalue weighted by Gasteiger charge is 2.24. The number of benzene rings is 3. The minimum absolute atomic E-state index is 0.00187. The molecule has 0 radical (unpaired) electrons. The maximum Gasteiger partial charge on any atom is 0.286 e. The molecule has 3 amide bonds. The summed E-state index contributed by atoms with van der Waals surface area (Å²) in [5.74, 6) is -1.76. The number of rotatable bonds is 10. The van der Waals surface area contributed by atoms with Gasteiger partial charge in [0.1, 0.15) is 11.4 Å². The molecule has 0 saturated carbocycles. The number of amides is 3. The molecule has 0 aliphatic carbocycles. The fraction of sp³-hybridized carbons (Fsp3) is 0.160. The van der Waals surface area contributed by atoms with E-state index in [1.165, 1.54) is 68.8 Å². The normalized spacial score (nSPS) is 10.2. The molecule has 11 nitrogen and oxygen atoms in total. The highest BCUT2D eigenvalue weighted by molar-refractivity contribution is 6.04. The van der Waals surface area contributed by atoms with E-state index in [1.807, 2.05) is 0 Å². The Morgan fingerprint density at radius 3 is 1.89 bits per heavy atom. The van der Waals surface area contributed by atoms with Crippen LogP contribution in [0.2, 0.25) is 0 Å². The van der Waals surface area contributed by atoms with E-state index < -0.39 is 34.1 Å². The van der Waals surface area contributed by atoms with Crippen molar-refractivity contribution in [3.05, 3.63) is 93.3 Å². The molecule has 0 unspecified atom stereocenters. The fourth-order valence-corrected chi connectivity index (χ4v) is 3.26. The molecule has 0 fully saturated rings. The van der Waals surface area contributed by atoms with Crippen LogP contribution >= 0.6 is 0 Å². The number of nitro groups is 1. The highest BCUT2D eigenvalue weighted by Crippen LogP contribution is 2.34. The van der Waals surface area contributed by atoms with Crippen LogP contribution in [-0.4, -0.2) is 50.0 Å². The van der Waals surface area contributed by atoms with Crippen LogP contribution in [0.15, 0.2) is 60.7 Å². The van der Waals surface area contributed by atoms with Gasteiger partial charge in [-0.15, -0.1) is 0 Å². The van der Waals surface area contributed by atoms with Crippen molar-refractivity contribution >= 4 is 29.1 Å². The van der Waals surface area contributed by atoms with Crippen LogP contribution < -0.4 is 25.4 Å². The van der Waals surface area contributed by atoms with Gasteiger partial charge >= 0.3 is 0 Å². The van der Waals surface area contributed by atoms with Crippen LogP contribution in [0.4, 0.5) is 15.8 Å². The van der Waals surface area contributed by atoms with Crippen LogP contribution in [0, 0.1) is 15.9 Å². The molecular weight excluding hydrogens is 487 g/mol. The van der Waals surface area contributed by atoms with Crippen LogP contribution in [0.3, 0.4) is 0 Å². The third-order valence-corrected chi connectivity index (χ3v) is 5.15. The van der Waals surface area contributed by atoms with E-state index in [-0.39, 0.29) is 35.7 Å². The van der Waals surface area contributed by atoms with Gasteiger partial charge in [-0.25, -0.2) is 4.39 Å². The lowest BCUT2D eigenvalue weighted by Gasteiger charge is -2.11. The molecule has 0 aliphatic heterocycles. The van der Waals surface area contributed by atoms with Gasteiger partial charge in [0, 0.05) is 36.0 Å². The first-order chi connectivity index (χ1) is 17.7. The van der Waals surface area contributed by atoms with Gasteiger partial charge in [0.25, 0.3) is 23.4 Å². The lowest BCUT2D eigenvalue weighted by atomic mass is 10.1. The van der Waals surface area contributed by atoms with Gasteiger partial charge in [0.15, 0.2) is 11.5 Å². The number of carbonyl (C=O) groups is 3. The highest BCUT2D eigenvalue weighted by atomic mass is 19.1. The number of nitrogens with zero attached hydrogens (tertiary/aromatic N) is 1. The standard InChI is InChI=1S/C25H23FN4O7/c1-36-21-13-19(20(30(34)35)14-22(21)37-2)25(33)28-12-11-27-23(31)15-5-9-18(10-6-15)29-24(32)16-3-7-17(26)8-4-16/h3-10,13-14H,11-12H2,1-2H3,(H,27,31)(H,28,33)(H,29,32). The Morgan fingerprint density at radius 2 is 1.32 bits per heavy atom. The summed E-state index contributed by atoms with van der Waals surface area (Å²) in [5, 5.41) is 19.2. The van der Waals surface area contributed by atoms with E-state index in [9.17, 15) is 28.9 Å². The lowest BCUT2D eigenvalue weighted by molar-refractivity contribution is -0.385. The smallest absolute Gasteiger partial charge is 0.286 e. The summed E-state index contributed by atoms with van der Waals surface area (Å²) < 4.78 is 23.1. The topological polar surface area (TPSA) is 149 Å². The molecule has 0 saturated heterocycles. The van der Waals surface area contributed by atoms with Gasteiger partial charge in [-0.3, -0.25) is 24.5 Å². The summed E-state index contributed by atoms with van der Waals surface area (Å²) >= 11 is 0. The molecule has 192 valence electrons. The Morgan fingerprint density at radius 1 is 0.811 bits per heavy atom. The fourth-order valence-electron chi connectivity index (χ4n) is 3.26. The summed E-state index contributed by atoms with van der Waals surface area (Å²) in [5.41, 5.74) is 0.359. The van der Waals surface area contributed by atoms with Crippen molar-refractivity contribution in [2.75, 3.05) is 32.6 Å². The Labute approximate surface area is 210 Å². The van der Waals surface area contributed by atoms with Crippen LogP contribution in [0.25, 0.3) is 0 Å². The van der Waals surface area contributed by atoms with E-state index in [1.54, 1.807) is 0 Å². The summed E-state index contributed by atoms with van der Waals surface area (Å²) in [4.78, 5) is 47.8. The minimum atomic E-state index is -0.719. The number of methoxy groups -OCH3 is 2. The van der Waals surface area contributed by atoms with Crippen molar-refractivity contribution in [3.63, 3.8) is 0 Å². The number of nitrogens with one attached hydrogen (secondary N) is 3.